The Morgan fingerprint density at radius 2 is 1.29 bits per heavy atom. The van der Waals surface area contributed by atoms with Crippen LogP contribution in [0, 0.1) is 0 Å². The first-order chi connectivity index (χ1) is 9.75. The summed E-state index contributed by atoms with van der Waals surface area (Å²) in [6.45, 7) is 0. The lowest BCUT2D eigenvalue weighted by Crippen LogP contribution is -2.14. The zero-order valence-corrected chi connectivity index (χ0v) is 11.1. The van der Waals surface area contributed by atoms with Gasteiger partial charge in [-0.05, 0) is 25.7 Å². The summed E-state index contributed by atoms with van der Waals surface area (Å²) >= 11 is 0. The molecular weight excluding hydrogens is 284 g/mol. The monoisotopic (exact) mass is 300 g/mol. The Balaban J connectivity index is 0.000000400. The second kappa shape index (κ2) is 9.29. The minimum Gasteiger partial charge on any atom is -0.481 e. The molecule has 0 saturated carbocycles. The zero-order valence-electron chi connectivity index (χ0n) is 11.1. The van der Waals surface area contributed by atoms with Crippen molar-refractivity contribution in [2.75, 3.05) is 0 Å². The van der Waals surface area contributed by atoms with E-state index < -0.39 is 23.9 Å². The molecule has 8 heteroatoms. The molecule has 0 atom stereocenters. The Bertz CT molecular complexity index is 460. The SMILES string of the molecule is O=C(O)/C=C/CC(=O)O.O=C(O)C1=C(C(=O)O)CCCC1. The van der Waals surface area contributed by atoms with Gasteiger partial charge in [0.15, 0.2) is 0 Å². The van der Waals surface area contributed by atoms with E-state index in [0.29, 0.717) is 12.8 Å². The van der Waals surface area contributed by atoms with Crippen molar-refractivity contribution in [1.29, 1.82) is 0 Å². The van der Waals surface area contributed by atoms with Crippen LogP contribution in [0.3, 0.4) is 0 Å². The summed E-state index contributed by atoms with van der Waals surface area (Å²) in [5, 5.41) is 33.2. The van der Waals surface area contributed by atoms with E-state index in [1.807, 2.05) is 0 Å². The number of carboxylic acids is 4. The van der Waals surface area contributed by atoms with Crippen molar-refractivity contribution in [3.63, 3.8) is 0 Å². The average molecular weight is 300 g/mol. The quantitative estimate of drug-likeness (QED) is 0.552. The lowest BCUT2D eigenvalue weighted by molar-refractivity contribution is -0.136. The summed E-state index contributed by atoms with van der Waals surface area (Å²) in [6.07, 6.45) is 3.95. The first-order valence-electron chi connectivity index (χ1n) is 6.05. The lowest BCUT2D eigenvalue weighted by atomic mass is 9.92. The summed E-state index contributed by atoms with van der Waals surface area (Å²) < 4.78 is 0. The van der Waals surface area contributed by atoms with Gasteiger partial charge in [-0.2, -0.15) is 0 Å². The molecule has 0 saturated heterocycles. The van der Waals surface area contributed by atoms with Gasteiger partial charge in [0, 0.05) is 17.2 Å². The molecule has 0 fully saturated rings. The number of carbonyl (C=O) groups is 4. The topological polar surface area (TPSA) is 149 Å². The summed E-state index contributed by atoms with van der Waals surface area (Å²) in [5.74, 6) is -4.34. The van der Waals surface area contributed by atoms with E-state index in [2.05, 4.69) is 0 Å². The van der Waals surface area contributed by atoms with Crippen LogP contribution in [0.5, 0.6) is 0 Å². The summed E-state index contributed by atoms with van der Waals surface area (Å²) in [7, 11) is 0. The van der Waals surface area contributed by atoms with Gasteiger partial charge in [0.25, 0.3) is 0 Å². The number of aliphatic carboxylic acids is 4. The largest absolute Gasteiger partial charge is 0.481 e. The molecule has 0 bridgehead atoms. The maximum atomic E-state index is 10.5. The van der Waals surface area contributed by atoms with E-state index in [1.165, 1.54) is 0 Å². The highest BCUT2D eigenvalue weighted by Gasteiger charge is 2.22. The fraction of sp³-hybridized carbons (Fsp3) is 0.385. The molecule has 1 aliphatic rings. The molecule has 8 nitrogen and oxygen atoms in total. The molecule has 0 spiro atoms. The number of hydrogen-bond donors (Lipinski definition) is 4. The third-order valence-corrected chi connectivity index (χ3v) is 2.54. The zero-order chi connectivity index (χ0) is 16.4. The van der Waals surface area contributed by atoms with E-state index in [4.69, 9.17) is 20.4 Å². The first-order valence-corrected chi connectivity index (χ1v) is 6.05. The maximum absolute atomic E-state index is 10.5. The van der Waals surface area contributed by atoms with E-state index in [1.54, 1.807) is 0 Å². The van der Waals surface area contributed by atoms with Gasteiger partial charge in [-0.3, -0.25) is 4.79 Å². The van der Waals surface area contributed by atoms with Crippen molar-refractivity contribution in [2.24, 2.45) is 0 Å². The predicted octanol–water partition coefficient (Wildman–Crippen LogP) is 1.13. The van der Waals surface area contributed by atoms with Crippen LogP contribution in [0.15, 0.2) is 23.3 Å². The highest BCUT2D eigenvalue weighted by atomic mass is 16.4. The molecule has 0 aliphatic heterocycles. The van der Waals surface area contributed by atoms with Crippen LogP contribution in [0.4, 0.5) is 0 Å². The van der Waals surface area contributed by atoms with E-state index >= 15 is 0 Å². The van der Waals surface area contributed by atoms with E-state index in [9.17, 15) is 19.2 Å². The highest BCUT2D eigenvalue weighted by Crippen LogP contribution is 2.24. The predicted molar refractivity (Wildman–Crippen MR) is 69.8 cm³/mol. The third-order valence-electron chi connectivity index (χ3n) is 2.54. The molecule has 0 aromatic carbocycles. The van der Waals surface area contributed by atoms with Gasteiger partial charge in [0.1, 0.15) is 0 Å². The Morgan fingerprint density at radius 1 is 0.857 bits per heavy atom. The Hall–Kier alpha value is -2.64. The molecule has 1 rings (SSSR count). The van der Waals surface area contributed by atoms with Crippen molar-refractivity contribution in [3.8, 4) is 0 Å². The molecule has 4 N–H and O–H groups in total. The van der Waals surface area contributed by atoms with Gasteiger partial charge in [-0.15, -0.1) is 0 Å². The molecule has 21 heavy (non-hydrogen) atoms. The van der Waals surface area contributed by atoms with Crippen LogP contribution in [0.2, 0.25) is 0 Å². The van der Waals surface area contributed by atoms with E-state index in [-0.39, 0.29) is 17.6 Å². The summed E-state index contributed by atoms with van der Waals surface area (Å²) in [4.78, 5) is 40.5. The summed E-state index contributed by atoms with van der Waals surface area (Å²) in [5.41, 5.74) is 0.155. The molecule has 0 unspecified atom stereocenters. The Kier molecular flexibility index (Phi) is 8.13. The van der Waals surface area contributed by atoms with Gasteiger partial charge in [-0.1, -0.05) is 6.08 Å². The van der Waals surface area contributed by atoms with Crippen molar-refractivity contribution >= 4 is 23.9 Å². The van der Waals surface area contributed by atoms with Gasteiger partial charge < -0.3 is 20.4 Å². The standard InChI is InChI=1S/C8H10O4.C5H6O4/c9-7(10)5-3-1-2-4-6(5)8(11)12;6-4(7)2-1-3-5(8)9/h1-4H2,(H,9,10)(H,11,12);1-2H,3H2,(H,6,7)(H,8,9)/b;2-1+. The second-order valence-electron chi connectivity index (χ2n) is 4.11. The van der Waals surface area contributed by atoms with Crippen LogP contribution in [0.1, 0.15) is 32.1 Å². The Morgan fingerprint density at radius 3 is 1.57 bits per heavy atom. The Labute approximate surface area is 120 Å². The fourth-order valence-electron chi connectivity index (χ4n) is 1.64. The molecule has 0 aromatic rings. The van der Waals surface area contributed by atoms with Crippen molar-refractivity contribution in [1.82, 2.24) is 0 Å². The van der Waals surface area contributed by atoms with Crippen molar-refractivity contribution in [3.05, 3.63) is 23.3 Å². The number of carboxylic acid groups (broad SMARTS) is 4. The second-order valence-corrected chi connectivity index (χ2v) is 4.11. The molecule has 1 aliphatic carbocycles. The minimum atomic E-state index is -1.13. The van der Waals surface area contributed by atoms with Crippen LogP contribution >= 0.6 is 0 Å². The van der Waals surface area contributed by atoms with Gasteiger partial charge in [0.05, 0.1) is 6.42 Å². The average Bonchev–Trinajstić information content (AvgIpc) is 2.38. The van der Waals surface area contributed by atoms with Gasteiger partial charge in [-0.25, -0.2) is 14.4 Å². The van der Waals surface area contributed by atoms with Crippen molar-refractivity contribution < 1.29 is 39.6 Å². The molecule has 0 radical (unpaired) electrons. The third kappa shape index (κ3) is 8.19. The molecule has 0 heterocycles. The van der Waals surface area contributed by atoms with Crippen LogP contribution in [-0.4, -0.2) is 44.3 Å². The van der Waals surface area contributed by atoms with Gasteiger partial charge in [0.2, 0.25) is 0 Å². The maximum Gasteiger partial charge on any atom is 0.332 e. The summed E-state index contributed by atoms with van der Waals surface area (Å²) in [6, 6.07) is 0. The first kappa shape index (κ1) is 18.4. The highest BCUT2D eigenvalue weighted by molar-refractivity contribution is 5.99. The smallest absolute Gasteiger partial charge is 0.332 e. The lowest BCUT2D eigenvalue weighted by Gasteiger charge is -2.13. The molecule has 0 amide bonds. The molecule has 0 aromatic heterocycles. The molecular formula is C13H16O8. The minimum absolute atomic E-state index is 0.0775. The number of rotatable bonds is 5. The fourth-order valence-corrected chi connectivity index (χ4v) is 1.64. The van der Waals surface area contributed by atoms with E-state index in [0.717, 1.165) is 25.0 Å². The van der Waals surface area contributed by atoms with Crippen LogP contribution in [-0.2, 0) is 19.2 Å². The van der Waals surface area contributed by atoms with Crippen molar-refractivity contribution in [2.45, 2.75) is 32.1 Å². The van der Waals surface area contributed by atoms with Crippen LogP contribution in [0.25, 0.3) is 0 Å². The van der Waals surface area contributed by atoms with Crippen LogP contribution < -0.4 is 0 Å². The molecule has 116 valence electrons. The normalized spacial score (nSPS) is 14.3. The van der Waals surface area contributed by atoms with Gasteiger partial charge >= 0.3 is 23.9 Å². The number of hydrogen-bond acceptors (Lipinski definition) is 4.